The van der Waals surface area contributed by atoms with E-state index in [9.17, 15) is 27.6 Å². The Morgan fingerprint density at radius 1 is 0.889 bits per heavy atom. The van der Waals surface area contributed by atoms with Crippen LogP contribution in [-0.4, -0.2) is 90.4 Å². The number of benzene rings is 3. The lowest BCUT2D eigenvalue weighted by molar-refractivity contribution is -0.137. The lowest BCUT2D eigenvalue weighted by atomic mass is 10.0. The largest absolute Gasteiger partial charge is 0.483 e. The van der Waals surface area contributed by atoms with Crippen LogP contribution in [0.1, 0.15) is 68.9 Å². The van der Waals surface area contributed by atoms with Crippen molar-refractivity contribution in [1.29, 1.82) is 0 Å². The molecule has 14 heteroatoms. The van der Waals surface area contributed by atoms with Gasteiger partial charge in [0.15, 0.2) is 0 Å². The summed E-state index contributed by atoms with van der Waals surface area (Å²) >= 11 is 0. The van der Waals surface area contributed by atoms with Crippen molar-refractivity contribution >= 4 is 35.6 Å². The van der Waals surface area contributed by atoms with Gasteiger partial charge in [0.05, 0.1) is 16.9 Å². The van der Waals surface area contributed by atoms with Crippen molar-refractivity contribution < 1.29 is 37.5 Å². The summed E-state index contributed by atoms with van der Waals surface area (Å²) in [6.45, 7) is 8.68. The van der Waals surface area contributed by atoms with Crippen molar-refractivity contribution in [2.45, 2.75) is 39.4 Å². The van der Waals surface area contributed by atoms with Crippen LogP contribution in [-0.2, 0) is 17.5 Å². The van der Waals surface area contributed by atoms with Crippen molar-refractivity contribution in [3.63, 3.8) is 0 Å². The number of carboxylic acid groups (broad SMARTS) is 1. The first-order chi connectivity index (χ1) is 25.9. The van der Waals surface area contributed by atoms with Crippen LogP contribution >= 0.6 is 0 Å². The summed E-state index contributed by atoms with van der Waals surface area (Å²) in [6.07, 6.45) is -0.661. The highest BCUT2D eigenvalue weighted by Gasteiger charge is 2.30. The number of likely N-dealkylation sites (N-methyl/N-ethyl adjacent to an activating group) is 1. The molecule has 1 aliphatic rings. The second-order valence-corrected chi connectivity index (χ2v) is 12.6. The third kappa shape index (κ3) is 11.1. The number of rotatable bonds is 13. The van der Waals surface area contributed by atoms with Gasteiger partial charge in [-0.25, -0.2) is 0 Å². The Morgan fingerprint density at radius 2 is 1.56 bits per heavy atom. The number of likely N-dealkylation sites (tertiary alicyclic amines) is 1. The summed E-state index contributed by atoms with van der Waals surface area (Å²) < 4.78 is 39.5. The van der Waals surface area contributed by atoms with Gasteiger partial charge < -0.3 is 30.4 Å². The predicted octanol–water partition coefficient (Wildman–Crippen LogP) is 6.66. The normalized spacial score (nSPS) is 12.6. The van der Waals surface area contributed by atoms with E-state index < -0.39 is 23.6 Å². The number of alkyl halides is 3. The molecule has 3 N–H and O–H groups in total. The number of carbonyl (C=O) groups excluding carboxylic acids is 3. The summed E-state index contributed by atoms with van der Waals surface area (Å²) in [5.41, 5.74) is 2.80. The monoisotopic (exact) mass is 746 g/mol. The zero-order valence-corrected chi connectivity index (χ0v) is 30.5. The third-order valence-electron chi connectivity index (χ3n) is 9.05. The standard InChI is InChI=1S/C39H43F3N6O3.CH2O2/c1-4-48(5-2)32-14-15-34(45-37(50)28-11-9-12-30(23-28)38(51)46(3)20-21-47-18-6-7-19-47)33(25-32)35-24-29(16-17-43-35)36(49)44-26-27-10-8-13-31(22-27)39(40,41)42;2-1-3/h8-17,22-25H,4-7,18-21,26H2,1-3H3,(H,44,49)(H,45,50);1H,(H,2,3). The molecule has 0 radical (unpaired) electrons. The molecule has 1 aliphatic heterocycles. The smallest absolute Gasteiger partial charge is 0.416 e. The summed E-state index contributed by atoms with van der Waals surface area (Å²) in [4.78, 5) is 59.1. The molecule has 54 heavy (non-hydrogen) atoms. The Kier molecular flexibility index (Phi) is 14.7. The average molecular weight is 747 g/mol. The Hall–Kier alpha value is -5.76. The Bertz CT molecular complexity index is 1910. The summed E-state index contributed by atoms with van der Waals surface area (Å²) in [6, 6.07) is 20.1. The Balaban J connectivity index is 0.00000209. The molecule has 0 saturated carbocycles. The van der Waals surface area contributed by atoms with Gasteiger partial charge >= 0.3 is 6.18 Å². The number of hydrogen-bond acceptors (Lipinski definition) is 7. The summed E-state index contributed by atoms with van der Waals surface area (Å²) in [7, 11) is 1.77. The maximum atomic E-state index is 13.6. The summed E-state index contributed by atoms with van der Waals surface area (Å²) in [5, 5.41) is 12.6. The van der Waals surface area contributed by atoms with Gasteiger partial charge in [0.2, 0.25) is 0 Å². The van der Waals surface area contributed by atoms with Crippen LogP contribution in [0.5, 0.6) is 0 Å². The predicted molar refractivity (Wildman–Crippen MR) is 202 cm³/mol. The highest BCUT2D eigenvalue weighted by Crippen LogP contribution is 2.33. The molecular formula is C40H45F3N6O5. The zero-order chi connectivity index (χ0) is 39.3. The molecule has 0 atom stereocenters. The van der Waals surface area contributed by atoms with Gasteiger partial charge in [-0.1, -0.05) is 18.2 Å². The van der Waals surface area contributed by atoms with E-state index >= 15 is 0 Å². The molecule has 4 aromatic rings. The van der Waals surface area contributed by atoms with E-state index in [-0.39, 0.29) is 24.5 Å². The van der Waals surface area contributed by atoms with Crippen LogP contribution < -0.4 is 15.5 Å². The molecule has 0 spiro atoms. The molecule has 0 aliphatic carbocycles. The minimum absolute atomic E-state index is 0.102. The third-order valence-corrected chi connectivity index (χ3v) is 9.05. The maximum absolute atomic E-state index is 13.6. The Labute approximate surface area is 312 Å². The van der Waals surface area contributed by atoms with Crippen LogP contribution in [0, 0.1) is 0 Å². The van der Waals surface area contributed by atoms with Gasteiger partial charge in [-0.3, -0.25) is 24.2 Å². The minimum Gasteiger partial charge on any atom is -0.483 e. The van der Waals surface area contributed by atoms with Gasteiger partial charge in [0.1, 0.15) is 0 Å². The highest BCUT2D eigenvalue weighted by atomic mass is 19.4. The van der Waals surface area contributed by atoms with E-state index in [4.69, 9.17) is 9.90 Å². The van der Waals surface area contributed by atoms with Gasteiger partial charge in [0.25, 0.3) is 24.2 Å². The van der Waals surface area contributed by atoms with Crippen LogP contribution in [0.25, 0.3) is 11.3 Å². The number of hydrogen-bond donors (Lipinski definition) is 3. The van der Waals surface area contributed by atoms with Gasteiger partial charge in [-0.15, -0.1) is 0 Å². The molecule has 1 aromatic heterocycles. The van der Waals surface area contributed by atoms with Gasteiger partial charge in [-0.2, -0.15) is 13.2 Å². The number of pyridine rings is 1. The molecule has 0 unspecified atom stereocenters. The van der Waals surface area contributed by atoms with E-state index in [1.54, 1.807) is 48.3 Å². The lowest BCUT2D eigenvalue weighted by Crippen LogP contribution is -2.35. The van der Waals surface area contributed by atoms with E-state index in [0.717, 1.165) is 50.5 Å². The second-order valence-electron chi connectivity index (χ2n) is 12.6. The molecular weight excluding hydrogens is 701 g/mol. The van der Waals surface area contributed by atoms with Crippen molar-refractivity contribution in [2.24, 2.45) is 0 Å². The van der Waals surface area contributed by atoms with E-state index in [1.165, 1.54) is 37.2 Å². The number of amides is 3. The van der Waals surface area contributed by atoms with Crippen molar-refractivity contribution in [2.75, 3.05) is 56.5 Å². The van der Waals surface area contributed by atoms with E-state index in [1.807, 2.05) is 26.0 Å². The maximum Gasteiger partial charge on any atom is 0.416 e. The van der Waals surface area contributed by atoms with E-state index in [0.29, 0.717) is 40.2 Å². The first kappa shape index (κ1) is 41.0. The fourth-order valence-corrected chi connectivity index (χ4v) is 6.11. The first-order valence-corrected chi connectivity index (χ1v) is 17.6. The SMILES string of the molecule is CCN(CC)c1ccc(NC(=O)c2cccc(C(=O)N(C)CCN3CCCC3)c2)c(-c2cc(C(=O)NCc3cccc(C(F)(F)F)c3)ccn2)c1.O=CO. The molecule has 2 heterocycles. The molecule has 0 bridgehead atoms. The molecule has 286 valence electrons. The van der Waals surface area contributed by atoms with Crippen LogP contribution in [0.2, 0.25) is 0 Å². The van der Waals surface area contributed by atoms with E-state index in [2.05, 4.69) is 25.4 Å². The van der Waals surface area contributed by atoms with Crippen LogP contribution in [0.15, 0.2) is 85.1 Å². The number of nitrogens with zero attached hydrogens (tertiary/aromatic N) is 4. The summed E-state index contributed by atoms with van der Waals surface area (Å²) in [5.74, 6) is -1.08. The van der Waals surface area contributed by atoms with Crippen molar-refractivity contribution in [1.82, 2.24) is 20.1 Å². The number of carbonyl (C=O) groups is 4. The Morgan fingerprint density at radius 3 is 2.24 bits per heavy atom. The number of anilines is 2. The highest BCUT2D eigenvalue weighted by molar-refractivity contribution is 6.08. The molecule has 1 fully saturated rings. The number of halogens is 3. The van der Waals surface area contributed by atoms with Gasteiger partial charge in [0, 0.05) is 73.9 Å². The lowest BCUT2D eigenvalue weighted by Gasteiger charge is -2.23. The zero-order valence-electron chi connectivity index (χ0n) is 30.5. The number of aromatic nitrogens is 1. The first-order valence-electron chi connectivity index (χ1n) is 17.6. The second kappa shape index (κ2) is 19.4. The molecule has 11 nitrogen and oxygen atoms in total. The van der Waals surface area contributed by atoms with Gasteiger partial charge in [-0.05, 0) is 106 Å². The topological polar surface area (TPSA) is 135 Å². The molecule has 5 rings (SSSR count). The minimum atomic E-state index is -4.49. The molecule has 3 aromatic carbocycles. The fourth-order valence-electron chi connectivity index (χ4n) is 6.11. The van der Waals surface area contributed by atoms with Crippen molar-refractivity contribution in [3.8, 4) is 11.3 Å². The fraction of sp³-hybridized carbons (Fsp3) is 0.325. The van der Waals surface area contributed by atoms with Crippen LogP contribution in [0.3, 0.4) is 0 Å². The molecule has 1 saturated heterocycles. The molecule has 3 amide bonds. The number of nitrogens with one attached hydrogen (secondary N) is 2. The quantitative estimate of drug-likeness (QED) is 0.129. The van der Waals surface area contributed by atoms with Crippen molar-refractivity contribution in [3.05, 3.63) is 113 Å². The van der Waals surface area contributed by atoms with Crippen LogP contribution in [0.4, 0.5) is 24.5 Å². The average Bonchev–Trinajstić information content (AvgIpc) is 3.71.